The number of amides is 1. The van der Waals surface area contributed by atoms with E-state index < -0.39 is 5.60 Å². The second-order valence-corrected chi connectivity index (χ2v) is 8.20. The minimum atomic E-state index is -0.983. The first-order valence-electron chi connectivity index (χ1n) is 10.1. The van der Waals surface area contributed by atoms with Crippen molar-refractivity contribution in [1.29, 1.82) is 0 Å². The number of thiophene rings is 1. The molecule has 0 radical (unpaired) electrons. The Morgan fingerprint density at radius 3 is 2.78 bits per heavy atom. The molecule has 10 heteroatoms. The van der Waals surface area contributed by atoms with Crippen LogP contribution in [0.2, 0.25) is 0 Å². The van der Waals surface area contributed by atoms with Gasteiger partial charge in [0.2, 0.25) is 5.91 Å². The van der Waals surface area contributed by atoms with E-state index in [4.69, 9.17) is 0 Å². The van der Waals surface area contributed by atoms with Crippen LogP contribution in [0.3, 0.4) is 0 Å². The lowest BCUT2D eigenvalue weighted by Crippen LogP contribution is -2.44. The third kappa shape index (κ3) is 7.92. The Hall–Kier alpha value is -2.44. The van der Waals surface area contributed by atoms with E-state index in [-0.39, 0.29) is 36.4 Å². The van der Waals surface area contributed by atoms with Crippen LogP contribution in [0.15, 0.2) is 65.2 Å². The molecule has 172 valence electrons. The van der Waals surface area contributed by atoms with Crippen LogP contribution in [0.25, 0.3) is 0 Å². The average molecular weight is 568 g/mol. The van der Waals surface area contributed by atoms with E-state index in [0.29, 0.717) is 31.3 Å². The van der Waals surface area contributed by atoms with Crippen LogP contribution in [0, 0.1) is 0 Å². The van der Waals surface area contributed by atoms with Crippen molar-refractivity contribution in [3.05, 3.63) is 70.7 Å². The Labute approximate surface area is 209 Å². The molecule has 1 atom stereocenters. The SMILES string of the molecule is CCNC(=NCc1cccc(NC(=O)Cn2cccn2)c1)NCC(C)(O)c1cccs1.I. The van der Waals surface area contributed by atoms with Gasteiger partial charge in [-0.05, 0) is 49.1 Å². The van der Waals surface area contributed by atoms with Gasteiger partial charge in [0, 0.05) is 29.5 Å². The zero-order chi connectivity index (χ0) is 22.1. The van der Waals surface area contributed by atoms with Gasteiger partial charge in [-0.15, -0.1) is 35.3 Å². The molecule has 0 bridgehead atoms. The number of nitrogens with one attached hydrogen (secondary N) is 3. The summed E-state index contributed by atoms with van der Waals surface area (Å²) in [6.45, 7) is 5.40. The van der Waals surface area contributed by atoms with Crippen LogP contribution in [0.4, 0.5) is 5.69 Å². The van der Waals surface area contributed by atoms with Gasteiger partial charge in [0.15, 0.2) is 5.96 Å². The predicted octanol–water partition coefficient (Wildman–Crippen LogP) is 3.16. The van der Waals surface area contributed by atoms with Crippen molar-refractivity contribution in [1.82, 2.24) is 20.4 Å². The van der Waals surface area contributed by atoms with Crippen molar-refractivity contribution in [2.24, 2.45) is 4.99 Å². The summed E-state index contributed by atoms with van der Waals surface area (Å²) in [4.78, 5) is 17.7. The van der Waals surface area contributed by atoms with Gasteiger partial charge in [-0.3, -0.25) is 9.48 Å². The first kappa shape index (κ1) is 25.8. The van der Waals surface area contributed by atoms with E-state index in [2.05, 4.69) is 26.0 Å². The number of benzene rings is 1. The lowest BCUT2D eigenvalue weighted by molar-refractivity contribution is -0.116. The van der Waals surface area contributed by atoms with Crippen LogP contribution < -0.4 is 16.0 Å². The maximum atomic E-state index is 12.2. The lowest BCUT2D eigenvalue weighted by atomic mass is 10.1. The number of carbonyl (C=O) groups is 1. The number of hydrogen-bond donors (Lipinski definition) is 4. The van der Waals surface area contributed by atoms with Gasteiger partial charge in [0.1, 0.15) is 12.1 Å². The van der Waals surface area contributed by atoms with Crippen LogP contribution >= 0.6 is 35.3 Å². The zero-order valence-electron chi connectivity index (χ0n) is 18.1. The number of guanidine groups is 1. The number of carbonyl (C=O) groups excluding carboxylic acids is 1. The Balaban J connectivity index is 0.00000363. The largest absolute Gasteiger partial charge is 0.383 e. The topological polar surface area (TPSA) is 104 Å². The smallest absolute Gasteiger partial charge is 0.246 e. The predicted molar refractivity (Wildman–Crippen MR) is 139 cm³/mol. The summed E-state index contributed by atoms with van der Waals surface area (Å²) >= 11 is 1.52. The van der Waals surface area contributed by atoms with E-state index in [9.17, 15) is 9.90 Å². The van der Waals surface area contributed by atoms with E-state index in [1.807, 2.05) is 48.7 Å². The zero-order valence-corrected chi connectivity index (χ0v) is 21.3. The second kappa shape index (κ2) is 12.6. The van der Waals surface area contributed by atoms with Crippen LogP contribution in [0.5, 0.6) is 0 Å². The van der Waals surface area contributed by atoms with Crippen molar-refractivity contribution < 1.29 is 9.90 Å². The lowest BCUT2D eigenvalue weighted by Gasteiger charge is -2.23. The van der Waals surface area contributed by atoms with Gasteiger partial charge in [0.25, 0.3) is 0 Å². The average Bonchev–Trinajstić information content (AvgIpc) is 3.45. The summed E-state index contributed by atoms with van der Waals surface area (Å²) in [5, 5.41) is 26.0. The van der Waals surface area contributed by atoms with Crippen molar-refractivity contribution >= 4 is 52.9 Å². The summed E-state index contributed by atoms with van der Waals surface area (Å²) in [5.74, 6) is 0.475. The Morgan fingerprint density at radius 1 is 1.25 bits per heavy atom. The number of anilines is 1. The molecule has 0 aliphatic rings. The monoisotopic (exact) mass is 568 g/mol. The molecule has 8 nitrogen and oxygen atoms in total. The Morgan fingerprint density at radius 2 is 2.09 bits per heavy atom. The van der Waals surface area contributed by atoms with Crippen molar-refractivity contribution in [3.63, 3.8) is 0 Å². The van der Waals surface area contributed by atoms with Gasteiger partial charge >= 0.3 is 0 Å². The molecule has 3 aromatic rings. The molecule has 4 N–H and O–H groups in total. The minimum Gasteiger partial charge on any atom is -0.383 e. The molecule has 1 amide bonds. The standard InChI is InChI=1S/C22H28N6O2S.HI/c1-3-23-21(25-16-22(2,30)19-9-5-12-31-19)24-14-17-7-4-8-18(13-17)27-20(29)15-28-11-6-10-26-28;/h4-13,30H,3,14-16H2,1-2H3,(H,27,29)(H2,23,24,25);1H. The highest BCUT2D eigenvalue weighted by molar-refractivity contribution is 14.0. The van der Waals surface area contributed by atoms with Crippen molar-refractivity contribution in [2.75, 3.05) is 18.4 Å². The van der Waals surface area contributed by atoms with Crippen molar-refractivity contribution in [2.45, 2.75) is 32.5 Å². The molecule has 32 heavy (non-hydrogen) atoms. The maximum absolute atomic E-state index is 12.2. The molecular weight excluding hydrogens is 539 g/mol. The quantitative estimate of drug-likeness (QED) is 0.181. The van der Waals surface area contributed by atoms with Crippen LogP contribution in [-0.2, 0) is 23.5 Å². The molecule has 0 aliphatic carbocycles. The summed E-state index contributed by atoms with van der Waals surface area (Å²) < 4.78 is 1.57. The number of aliphatic hydroxyl groups is 1. The van der Waals surface area contributed by atoms with E-state index in [1.165, 1.54) is 11.3 Å². The fraction of sp³-hybridized carbons (Fsp3) is 0.318. The third-order valence-corrected chi connectivity index (χ3v) is 5.61. The molecule has 0 aliphatic heterocycles. The molecular formula is C22H29IN6O2S. The fourth-order valence-corrected chi connectivity index (χ4v) is 3.72. The van der Waals surface area contributed by atoms with Gasteiger partial charge in [-0.2, -0.15) is 5.10 Å². The normalized spacial score (nSPS) is 13.0. The summed E-state index contributed by atoms with van der Waals surface area (Å²) in [6.07, 6.45) is 3.39. The highest BCUT2D eigenvalue weighted by Crippen LogP contribution is 2.24. The third-order valence-electron chi connectivity index (χ3n) is 4.49. The number of nitrogens with zero attached hydrogens (tertiary/aromatic N) is 3. The fourth-order valence-electron chi connectivity index (χ4n) is 2.93. The molecule has 0 fully saturated rings. The van der Waals surface area contributed by atoms with E-state index in [1.54, 1.807) is 30.1 Å². The van der Waals surface area contributed by atoms with Crippen LogP contribution in [0.1, 0.15) is 24.3 Å². The first-order chi connectivity index (χ1) is 15.0. The molecule has 3 rings (SSSR count). The van der Waals surface area contributed by atoms with Crippen LogP contribution in [-0.4, -0.2) is 39.8 Å². The summed E-state index contributed by atoms with van der Waals surface area (Å²) in [5.41, 5.74) is 0.686. The maximum Gasteiger partial charge on any atom is 0.246 e. The van der Waals surface area contributed by atoms with Gasteiger partial charge < -0.3 is 21.1 Å². The van der Waals surface area contributed by atoms with E-state index in [0.717, 1.165) is 10.4 Å². The van der Waals surface area contributed by atoms with E-state index >= 15 is 0 Å². The first-order valence-corrected chi connectivity index (χ1v) is 11.0. The molecule has 0 spiro atoms. The van der Waals surface area contributed by atoms with Crippen molar-refractivity contribution in [3.8, 4) is 0 Å². The molecule has 2 heterocycles. The molecule has 0 saturated heterocycles. The summed E-state index contributed by atoms with van der Waals surface area (Å²) in [6, 6.07) is 13.2. The molecule has 2 aromatic heterocycles. The highest BCUT2D eigenvalue weighted by Gasteiger charge is 2.24. The second-order valence-electron chi connectivity index (χ2n) is 7.25. The minimum absolute atomic E-state index is 0. The number of halogens is 1. The number of aliphatic imine (C=N–C) groups is 1. The molecule has 1 unspecified atom stereocenters. The number of aromatic nitrogens is 2. The van der Waals surface area contributed by atoms with Gasteiger partial charge in [0.05, 0.1) is 13.1 Å². The Bertz CT molecular complexity index is 990. The summed E-state index contributed by atoms with van der Waals surface area (Å²) in [7, 11) is 0. The van der Waals surface area contributed by atoms with Gasteiger partial charge in [-0.25, -0.2) is 4.99 Å². The van der Waals surface area contributed by atoms with Gasteiger partial charge in [-0.1, -0.05) is 18.2 Å². The Kier molecular flexibility index (Phi) is 10.1. The highest BCUT2D eigenvalue weighted by atomic mass is 127. The molecule has 0 saturated carbocycles. The molecule has 1 aromatic carbocycles. The number of hydrogen-bond acceptors (Lipinski definition) is 5. The number of rotatable bonds is 9.